The molecule has 3 aliphatic rings. The number of carbonyl (C=O) groups is 1. The third-order valence-corrected chi connectivity index (χ3v) is 7.02. The van der Waals surface area contributed by atoms with E-state index in [4.69, 9.17) is 16.3 Å². The molecule has 0 spiro atoms. The molecule has 3 aliphatic heterocycles. The van der Waals surface area contributed by atoms with Gasteiger partial charge in [-0.3, -0.25) is 0 Å². The maximum atomic E-state index is 12.8. The molecule has 0 N–H and O–H groups in total. The number of likely N-dealkylation sites (tertiary alicyclic amines) is 1. The van der Waals surface area contributed by atoms with Crippen LogP contribution in [0.25, 0.3) is 11.1 Å². The van der Waals surface area contributed by atoms with Gasteiger partial charge >= 0.3 is 6.09 Å². The van der Waals surface area contributed by atoms with Crippen molar-refractivity contribution in [3.05, 3.63) is 52.5 Å². The van der Waals surface area contributed by atoms with Crippen LogP contribution in [-0.4, -0.2) is 42.3 Å². The molecule has 1 amide bonds. The summed E-state index contributed by atoms with van der Waals surface area (Å²) in [4.78, 5) is 17.4. The highest BCUT2D eigenvalue weighted by molar-refractivity contribution is 6.30. The van der Waals surface area contributed by atoms with Crippen LogP contribution in [0.3, 0.4) is 0 Å². The molecule has 31 heavy (non-hydrogen) atoms. The number of ether oxygens (including phenoxy) is 1. The van der Waals surface area contributed by atoms with Crippen molar-refractivity contribution in [2.45, 2.75) is 64.0 Å². The van der Waals surface area contributed by atoms with Gasteiger partial charge in [0.05, 0.1) is 0 Å². The number of hydrogen-bond acceptors (Lipinski definition) is 3. The van der Waals surface area contributed by atoms with E-state index in [1.807, 2.05) is 43.9 Å². The molecule has 1 fully saturated rings. The first-order valence-electron chi connectivity index (χ1n) is 11.5. The van der Waals surface area contributed by atoms with E-state index >= 15 is 0 Å². The van der Waals surface area contributed by atoms with Gasteiger partial charge in [-0.15, -0.1) is 0 Å². The lowest BCUT2D eigenvalue weighted by Gasteiger charge is -2.39. The number of amides is 1. The Kier molecular flexibility index (Phi) is 5.16. The molecule has 0 radical (unpaired) electrons. The smallest absolute Gasteiger partial charge is 0.410 e. The summed E-state index contributed by atoms with van der Waals surface area (Å²) in [7, 11) is 0. The molecule has 0 aliphatic carbocycles. The molecule has 3 heterocycles. The van der Waals surface area contributed by atoms with Crippen LogP contribution in [0.15, 0.2) is 36.4 Å². The monoisotopic (exact) mass is 438 g/mol. The minimum Gasteiger partial charge on any atom is -0.444 e. The summed E-state index contributed by atoms with van der Waals surface area (Å²) in [6.45, 7) is 8.39. The van der Waals surface area contributed by atoms with Gasteiger partial charge in [-0.25, -0.2) is 4.79 Å². The van der Waals surface area contributed by atoms with Crippen LogP contribution in [-0.2, 0) is 11.2 Å². The Bertz CT molecular complexity index is 1010. The highest BCUT2D eigenvalue weighted by atomic mass is 35.5. The van der Waals surface area contributed by atoms with Gasteiger partial charge in [0.1, 0.15) is 5.60 Å². The molecule has 2 aromatic rings. The van der Waals surface area contributed by atoms with Crippen LogP contribution >= 0.6 is 11.6 Å². The van der Waals surface area contributed by atoms with Crippen molar-refractivity contribution in [3.63, 3.8) is 0 Å². The second-order valence-corrected chi connectivity index (χ2v) is 10.6. The van der Waals surface area contributed by atoms with Gasteiger partial charge in [0, 0.05) is 42.3 Å². The molecule has 2 aromatic carbocycles. The summed E-state index contributed by atoms with van der Waals surface area (Å²) in [5.41, 5.74) is 6.19. The summed E-state index contributed by atoms with van der Waals surface area (Å²) in [5, 5.41) is 0.761. The van der Waals surface area contributed by atoms with E-state index in [1.165, 1.54) is 35.2 Å². The van der Waals surface area contributed by atoms with Crippen molar-refractivity contribution < 1.29 is 9.53 Å². The van der Waals surface area contributed by atoms with Crippen molar-refractivity contribution >= 4 is 23.4 Å². The molecule has 5 heteroatoms. The first-order chi connectivity index (χ1) is 14.8. The normalized spacial score (nSPS) is 22.6. The number of carbonyl (C=O) groups excluding carboxylic acids is 1. The van der Waals surface area contributed by atoms with Gasteiger partial charge in [-0.2, -0.15) is 0 Å². The lowest BCUT2D eigenvalue weighted by atomic mass is 9.86. The van der Waals surface area contributed by atoms with Crippen LogP contribution in [0.2, 0.25) is 5.02 Å². The zero-order valence-corrected chi connectivity index (χ0v) is 19.4. The molecule has 0 saturated carbocycles. The average Bonchev–Trinajstić information content (AvgIpc) is 2.87. The number of hydrogen-bond donors (Lipinski definition) is 0. The maximum Gasteiger partial charge on any atom is 0.410 e. The van der Waals surface area contributed by atoms with E-state index in [0.717, 1.165) is 43.1 Å². The zero-order chi connectivity index (χ0) is 21.8. The van der Waals surface area contributed by atoms with Crippen molar-refractivity contribution in [3.8, 4) is 11.1 Å². The number of aryl methyl sites for hydroxylation is 1. The molecular weight excluding hydrogens is 408 g/mol. The summed E-state index contributed by atoms with van der Waals surface area (Å²) in [6, 6.07) is 13.3. The molecule has 4 nitrogen and oxygen atoms in total. The first-order valence-corrected chi connectivity index (χ1v) is 11.9. The Morgan fingerprint density at radius 1 is 1.10 bits per heavy atom. The van der Waals surface area contributed by atoms with E-state index in [1.54, 1.807) is 0 Å². The van der Waals surface area contributed by atoms with Gasteiger partial charge in [-0.05, 0) is 93.0 Å². The number of anilines is 1. The fraction of sp³-hybridized carbons (Fsp3) is 0.500. The third-order valence-electron chi connectivity index (χ3n) is 6.79. The van der Waals surface area contributed by atoms with Gasteiger partial charge in [0.2, 0.25) is 0 Å². The predicted molar refractivity (Wildman–Crippen MR) is 126 cm³/mol. The molecule has 5 rings (SSSR count). The minimum atomic E-state index is -0.471. The van der Waals surface area contributed by atoms with E-state index < -0.39 is 5.60 Å². The van der Waals surface area contributed by atoms with Crippen molar-refractivity contribution in [1.82, 2.24) is 4.90 Å². The van der Waals surface area contributed by atoms with Crippen molar-refractivity contribution in [2.75, 3.05) is 24.5 Å². The highest BCUT2D eigenvalue weighted by Gasteiger charge is 2.45. The lowest BCUT2D eigenvalue weighted by Crippen LogP contribution is -2.49. The van der Waals surface area contributed by atoms with E-state index in [-0.39, 0.29) is 6.09 Å². The Balaban J connectivity index is 1.53. The quantitative estimate of drug-likeness (QED) is 0.527. The summed E-state index contributed by atoms with van der Waals surface area (Å²) in [6.07, 6.45) is 4.36. The third kappa shape index (κ3) is 3.91. The Morgan fingerprint density at radius 3 is 2.71 bits per heavy atom. The second-order valence-electron chi connectivity index (χ2n) is 10.1. The van der Waals surface area contributed by atoms with E-state index in [9.17, 15) is 4.79 Å². The number of fused-ring (bicyclic) bond motifs is 3. The molecule has 1 saturated heterocycles. The van der Waals surface area contributed by atoms with Gasteiger partial charge in [0.15, 0.2) is 0 Å². The molecule has 164 valence electrons. The standard InChI is InChI=1S/C26H31ClN2O2/c1-26(2,3)31-25(30)28-12-10-23-22(16-28)21-15-19(17-8-6-9-20(27)14-17)13-18-7-4-5-11-29(23)24(18)21/h6,8-9,13-15,22-23H,4-5,7,10-12,16H2,1-3H3/t22-,23-/m0/s1. The Morgan fingerprint density at radius 2 is 1.94 bits per heavy atom. The SMILES string of the molecule is CC(C)(C)OC(=O)N1CC[C@H]2[C@@H](C1)c1cc(-c3cccc(Cl)c3)cc3c1N2CCCC3. The maximum absolute atomic E-state index is 12.8. The molecule has 0 aromatic heterocycles. The summed E-state index contributed by atoms with van der Waals surface area (Å²) >= 11 is 6.30. The van der Waals surface area contributed by atoms with Crippen LogP contribution in [0.5, 0.6) is 0 Å². The predicted octanol–water partition coefficient (Wildman–Crippen LogP) is 6.26. The average molecular weight is 439 g/mol. The van der Waals surface area contributed by atoms with Crippen LogP contribution in [0.4, 0.5) is 10.5 Å². The highest BCUT2D eigenvalue weighted by Crippen LogP contribution is 2.49. The number of benzene rings is 2. The minimum absolute atomic E-state index is 0.190. The number of piperidine rings is 1. The lowest BCUT2D eigenvalue weighted by molar-refractivity contribution is 0.0189. The fourth-order valence-corrected chi connectivity index (χ4v) is 5.72. The fourth-order valence-electron chi connectivity index (χ4n) is 5.53. The van der Waals surface area contributed by atoms with Crippen molar-refractivity contribution in [2.24, 2.45) is 0 Å². The van der Waals surface area contributed by atoms with Gasteiger partial charge in [-0.1, -0.05) is 23.7 Å². The van der Waals surface area contributed by atoms with Gasteiger partial charge in [0.25, 0.3) is 0 Å². The Hall–Kier alpha value is -2.20. The molecule has 2 atom stereocenters. The van der Waals surface area contributed by atoms with Crippen LogP contribution in [0.1, 0.15) is 57.1 Å². The summed E-state index contributed by atoms with van der Waals surface area (Å²) in [5.74, 6) is 0.326. The number of nitrogens with zero attached hydrogens (tertiary/aromatic N) is 2. The molecule has 0 unspecified atom stereocenters. The second kappa shape index (κ2) is 7.74. The number of rotatable bonds is 1. The van der Waals surface area contributed by atoms with Gasteiger partial charge < -0.3 is 14.5 Å². The van der Waals surface area contributed by atoms with Crippen molar-refractivity contribution in [1.29, 1.82) is 0 Å². The molecular formula is C26H31ClN2O2. The van der Waals surface area contributed by atoms with E-state index in [2.05, 4.69) is 23.1 Å². The number of halogens is 1. The first kappa shape index (κ1) is 20.7. The van der Waals surface area contributed by atoms with Crippen LogP contribution < -0.4 is 4.90 Å². The Labute approximate surface area is 190 Å². The van der Waals surface area contributed by atoms with Crippen LogP contribution in [0, 0.1) is 0 Å². The largest absolute Gasteiger partial charge is 0.444 e. The molecule has 0 bridgehead atoms. The summed E-state index contributed by atoms with van der Waals surface area (Å²) < 4.78 is 5.69. The van der Waals surface area contributed by atoms with E-state index in [0.29, 0.717) is 12.0 Å². The topological polar surface area (TPSA) is 32.8 Å². The zero-order valence-electron chi connectivity index (χ0n) is 18.7.